The van der Waals surface area contributed by atoms with Crippen molar-refractivity contribution < 1.29 is 67.7 Å². The molecule has 4 heterocycles. The molecule has 6 rings (SSSR count). The highest BCUT2D eigenvalue weighted by Crippen LogP contribution is 2.22. The molecule has 2 aliphatic rings. The van der Waals surface area contributed by atoms with Gasteiger partial charge in [-0.1, -0.05) is 44.2 Å². The van der Waals surface area contributed by atoms with E-state index in [1.165, 1.54) is 41.7 Å². The molecule has 93 heavy (non-hydrogen) atoms. The fourth-order valence-corrected chi connectivity index (χ4v) is 10.6. The molecule has 2 aromatic carbocycles. The molecule has 0 bridgehead atoms. The summed E-state index contributed by atoms with van der Waals surface area (Å²) < 4.78 is 6.05. The quantitative estimate of drug-likeness (QED) is 0.0130. The molecule has 9 atom stereocenters. The molecule has 2 aliphatic heterocycles. The summed E-state index contributed by atoms with van der Waals surface area (Å²) in [5, 5.41) is 48.1. The number of aliphatic hydroxyl groups is 1. The van der Waals surface area contributed by atoms with E-state index in [2.05, 4.69) is 73.1 Å². The summed E-state index contributed by atoms with van der Waals surface area (Å²) >= 11 is 0. The summed E-state index contributed by atoms with van der Waals surface area (Å²) in [6.45, 7) is 9.17. The predicted octanol–water partition coefficient (Wildman–Crippen LogP) is -2.55. The number of hydrogen-bond acceptors (Lipinski definition) is 16. The van der Waals surface area contributed by atoms with E-state index < -0.39 is 132 Å². The van der Waals surface area contributed by atoms with Gasteiger partial charge < -0.3 is 94.5 Å². The Morgan fingerprint density at radius 2 is 1.35 bits per heavy atom. The number of benzene rings is 2. The Morgan fingerprint density at radius 1 is 0.742 bits per heavy atom. The lowest BCUT2D eigenvalue weighted by Crippen LogP contribution is -2.62. The number of para-hydroxylation sites is 1. The number of nitrogens with one attached hydrogen (secondary N) is 12. The number of rotatable bonds is 34. The van der Waals surface area contributed by atoms with Gasteiger partial charge >= 0.3 is 0 Å². The minimum Gasteiger partial charge on any atom is -0.508 e. The van der Waals surface area contributed by atoms with Crippen LogP contribution in [0.4, 0.5) is 0 Å². The fourth-order valence-electron chi connectivity index (χ4n) is 10.6. The van der Waals surface area contributed by atoms with E-state index in [0.29, 0.717) is 40.7 Å². The van der Waals surface area contributed by atoms with Crippen LogP contribution < -0.4 is 64.6 Å². The molecule has 506 valence electrons. The second-order valence-electron chi connectivity index (χ2n) is 24.3. The van der Waals surface area contributed by atoms with Crippen LogP contribution in [-0.4, -0.2) is 200 Å². The van der Waals surface area contributed by atoms with Gasteiger partial charge in [-0.05, 0) is 101 Å². The number of amides is 11. The third-order valence-corrected chi connectivity index (χ3v) is 15.3. The van der Waals surface area contributed by atoms with Gasteiger partial charge in [-0.3, -0.25) is 57.7 Å². The van der Waals surface area contributed by atoms with Crippen LogP contribution in [-0.2, 0) is 76.7 Å². The van der Waals surface area contributed by atoms with Gasteiger partial charge in [0.05, 0.1) is 31.7 Å². The van der Waals surface area contributed by atoms with E-state index in [1.54, 1.807) is 72.0 Å². The molecule has 0 spiro atoms. The fraction of sp³-hybridized carbons (Fsp3) is 0.532. The zero-order valence-electron chi connectivity index (χ0n) is 53.2. The lowest BCUT2D eigenvalue weighted by Gasteiger charge is -2.31. The van der Waals surface area contributed by atoms with Crippen molar-refractivity contribution in [1.29, 1.82) is 0 Å². The highest BCUT2D eigenvalue weighted by molar-refractivity contribution is 6.00. The van der Waals surface area contributed by atoms with Gasteiger partial charge in [-0.2, -0.15) is 0 Å². The van der Waals surface area contributed by atoms with E-state index in [0.717, 1.165) is 0 Å². The zero-order valence-corrected chi connectivity index (χ0v) is 53.2. The lowest BCUT2D eigenvalue weighted by molar-refractivity contribution is -0.142. The summed E-state index contributed by atoms with van der Waals surface area (Å²) in [5.41, 5.74) is 12.3. The Kier molecular flexibility index (Phi) is 27.0. The number of aliphatic hydroxyl groups excluding tert-OH is 1. The first-order valence-corrected chi connectivity index (χ1v) is 31.1. The molecule has 0 radical (unpaired) electrons. The number of nitrogens with two attached hydrogens (primary N) is 2. The number of aromatic nitrogens is 3. The van der Waals surface area contributed by atoms with Crippen molar-refractivity contribution in [3.8, 4) is 5.75 Å². The second kappa shape index (κ2) is 34.7. The normalized spacial score (nSPS) is 16.9. The highest BCUT2D eigenvalue weighted by atomic mass is 16.5. The maximum absolute atomic E-state index is 14.8. The third-order valence-electron chi connectivity index (χ3n) is 15.3. The first-order valence-electron chi connectivity index (χ1n) is 31.1. The second-order valence-corrected chi connectivity index (χ2v) is 24.3. The number of fused-ring (bicyclic) bond motifs is 1. The van der Waals surface area contributed by atoms with Crippen molar-refractivity contribution in [2.75, 3.05) is 39.4 Å². The number of aliphatic imine (C=N–C) groups is 1. The Labute approximate surface area is 538 Å². The van der Waals surface area contributed by atoms with Crippen molar-refractivity contribution in [3.05, 3.63) is 84.1 Å². The van der Waals surface area contributed by atoms with Gasteiger partial charge in [0.15, 0.2) is 5.96 Å². The Bertz CT molecular complexity index is 3270. The van der Waals surface area contributed by atoms with E-state index >= 15 is 0 Å². The Balaban J connectivity index is 1.24. The number of carbonyl (C=O) groups excluding carboxylic acids is 11. The molecular weight excluding hydrogens is 1210 g/mol. The predicted molar refractivity (Wildman–Crippen MR) is 339 cm³/mol. The molecule has 0 unspecified atom stereocenters. The minimum absolute atomic E-state index is 0.00135. The van der Waals surface area contributed by atoms with Gasteiger partial charge in [-0.25, -0.2) is 4.98 Å². The number of carbonyl (C=O) groups is 11. The van der Waals surface area contributed by atoms with Crippen molar-refractivity contribution in [3.63, 3.8) is 0 Å². The summed E-state index contributed by atoms with van der Waals surface area (Å²) in [4.78, 5) is 168. The molecule has 2 fully saturated rings. The van der Waals surface area contributed by atoms with Crippen LogP contribution in [0.2, 0.25) is 0 Å². The largest absolute Gasteiger partial charge is 0.508 e. The molecule has 2 saturated heterocycles. The van der Waals surface area contributed by atoms with Gasteiger partial charge in [-0.15, -0.1) is 0 Å². The first-order chi connectivity index (χ1) is 44.2. The average Bonchev–Trinajstić information content (AvgIpc) is 1.77. The molecular formula is C62H89N17O14. The van der Waals surface area contributed by atoms with Crippen LogP contribution in [0.1, 0.15) is 103 Å². The number of H-pyrrole nitrogens is 2. The number of likely N-dealkylation sites (tertiary alicyclic amines) is 1. The van der Waals surface area contributed by atoms with Crippen LogP contribution in [0, 0.1) is 5.92 Å². The smallest absolute Gasteiger partial charge is 0.245 e. The van der Waals surface area contributed by atoms with Gasteiger partial charge in [0.25, 0.3) is 0 Å². The van der Waals surface area contributed by atoms with Crippen molar-refractivity contribution in [2.24, 2.45) is 22.4 Å². The third kappa shape index (κ3) is 22.6. The average molecular weight is 1300 g/mol. The minimum atomic E-state index is -1.80. The van der Waals surface area contributed by atoms with Crippen molar-refractivity contribution in [2.45, 2.75) is 166 Å². The van der Waals surface area contributed by atoms with Crippen LogP contribution in [0.15, 0.2) is 72.2 Å². The number of guanidine groups is 1. The summed E-state index contributed by atoms with van der Waals surface area (Å²) in [6, 6.07) is 0.534. The van der Waals surface area contributed by atoms with Gasteiger partial charge in [0, 0.05) is 74.3 Å². The van der Waals surface area contributed by atoms with Crippen molar-refractivity contribution in [1.82, 2.24) is 73.0 Å². The number of aromatic hydroxyl groups is 1. The monoisotopic (exact) mass is 1300 g/mol. The van der Waals surface area contributed by atoms with E-state index in [9.17, 15) is 63.0 Å². The number of nitrogens with zero attached hydrogens (tertiary/aromatic N) is 3. The molecule has 0 aliphatic carbocycles. The number of likely N-dealkylation sites (N-methyl/N-ethyl adjacent to an activating group) is 1. The molecule has 31 heteroatoms. The van der Waals surface area contributed by atoms with Crippen LogP contribution in [0.3, 0.4) is 0 Å². The molecule has 4 aromatic rings. The Morgan fingerprint density at radius 3 is 1.98 bits per heavy atom. The maximum atomic E-state index is 14.8. The first kappa shape index (κ1) is 72.4. The summed E-state index contributed by atoms with van der Waals surface area (Å²) in [6.07, 6.45) is 5.11. The van der Waals surface area contributed by atoms with Gasteiger partial charge in [0.1, 0.15) is 60.1 Å². The number of ether oxygens (including phenoxy) is 1. The topological polar surface area (TPSA) is 470 Å². The molecule has 31 nitrogen and oxygen atoms in total. The van der Waals surface area contributed by atoms with Crippen LogP contribution >= 0.6 is 0 Å². The SMILES string of the molecule is CCNC(=O)CNC(=O)[C@@H]1CCCN1C(=O)[C@H](CCCN=C(N)N)NC(=O)[C@H](CC(C)C)NC(=O)[C@@H](COC(C)(C)C)NC(=O)[C@H](Cc1ccc(O)cc1)NC(=O)[C@H](CO)NC(=O)[C@H](Cc1c[nH]c2ccccc12)NC(=O)[C@H](Cc1cnc[nH]1)NC(=O)[C@@H]1CCC(=O)N1. The number of imidazole rings is 1. The molecule has 18 N–H and O–H groups in total. The van der Waals surface area contributed by atoms with E-state index in [1.807, 2.05) is 0 Å². The van der Waals surface area contributed by atoms with Crippen LogP contribution in [0.5, 0.6) is 5.75 Å². The number of aromatic amines is 2. The Hall–Kier alpha value is -9.65. The number of hydrogen-bond donors (Lipinski definition) is 16. The lowest BCUT2D eigenvalue weighted by atomic mass is 10.0. The zero-order chi connectivity index (χ0) is 67.9. The van der Waals surface area contributed by atoms with Crippen LogP contribution in [0.25, 0.3) is 10.9 Å². The van der Waals surface area contributed by atoms with Gasteiger partial charge in [0.2, 0.25) is 65.0 Å². The molecule has 11 amide bonds. The molecule has 2 aromatic heterocycles. The highest BCUT2D eigenvalue weighted by Gasteiger charge is 2.40. The number of phenols is 1. The molecule has 0 saturated carbocycles. The van der Waals surface area contributed by atoms with E-state index in [4.69, 9.17) is 16.2 Å². The van der Waals surface area contributed by atoms with Crippen molar-refractivity contribution >= 4 is 81.8 Å². The summed E-state index contributed by atoms with van der Waals surface area (Å²) in [5.74, 6) is -8.68. The standard InChI is InChI=1S/C62H89N17O14/c1-7-66-51(83)30-69-59(91)49-15-11-23-79(49)60(92)42(14-10-22-67-61(63)64)72-53(85)43(24-34(2)3)73-58(90)48(32-93-62(4,5)6)78-54(86)44(25-35-16-18-38(81)19-17-35)74-57(89)47(31-80)77-55(87)45(26-36-28-68-40-13-9-8-12-39(36)40)75-56(88)46(27-37-29-65-33-70-37)76-52(84)41-20-21-50(82)71-41/h8-9,12-13,16-19,28-29,33-34,41-49,68,80-81H,7,10-11,14-15,20-27,30-32H2,1-6H3,(H,65,70)(H,66,83)(H,69,91)(H,71,82)(H,72,85)(H,73,90)(H,74,89)(H,75,88)(H,76,84)(H,77,87)(H,78,86)(H4,63,64,67)/t41-,42-,43-,44-,45-,46-,47-,48+,49-/m0/s1. The summed E-state index contributed by atoms with van der Waals surface area (Å²) in [7, 11) is 0. The number of phenolic OH excluding ortho intramolecular Hbond substituents is 1. The van der Waals surface area contributed by atoms with E-state index in [-0.39, 0.29) is 101 Å². The maximum Gasteiger partial charge on any atom is 0.245 e.